The smallest absolute Gasteiger partial charge is 0.321 e. The van der Waals surface area contributed by atoms with Crippen LogP contribution in [0.25, 0.3) is 0 Å². The Bertz CT molecular complexity index is 553. The van der Waals surface area contributed by atoms with Crippen molar-refractivity contribution >= 4 is 11.9 Å². The highest BCUT2D eigenvalue weighted by Gasteiger charge is 2.27. The summed E-state index contributed by atoms with van der Waals surface area (Å²) in [4.78, 5) is 24.4. The molecular weight excluding hydrogens is 314 g/mol. The van der Waals surface area contributed by atoms with Crippen LogP contribution in [-0.4, -0.2) is 24.0 Å². The summed E-state index contributed by atoms with van der Waals surface area (Å²) in [6, 6.07) is 9.89. The Morgan fingerprint density at radius 3 is 2.28 bits per heavy atom. The molecule has 2 atom stereocenters. The van der Waals surface area contributed by atoms with Gasteiger partial charge in [0.2, 0.25) is 0 Å². The largest absolute Gasteiger partial charge is 0.335 e. The van der Waals surface area contributed by atoms with Gasteiger partial charge < -0.3 is 10.6 Å². The number of benzene rings is 1. The summed E-state index contributed by atoms with van der Waals surface area (Å²) in [6.45, 7) is 6.14. The Labute approximate surface area is 151 Å². The molecule has 138 valence electrons. The minimum Gasteiger partial charge on any atom is -0.335 e. The van der Waals surface area contributed by atoms with E-state index < -0.39 is 0 Å². The standard InChI is InChI=1S/C20H31N3O2/c1-14(2)18(16-10-6-4-7-11-16)21-15(3)19(24)23-20(25)22-17-12-8-5-9-13-17/h4,6-7,10-11,14-15,17-18,21H,5,8-9,12-13H2,1-3H3,(H2,22,23,24,25)/p+1/t15-,18-/m0/s1. The predicted octanol–water partition coefficient (Wildman–Crippen LogP) is 2.49. The zero-order valence-electron chi connectivity index (χ0n) is 15.6. The number of quaternary nitrogens is 1. The minimum absolute atomic E-state index is 0.184. The van der Waals surface area contributed by atoms with Crippen LogP contribution in [0, 0.1) is 5.92 Å². The molecule has 1 aliphatic rings. The quantitative estimate of drug-likeness (QED) is 0.740. The van der Waals surface area contributed by atoms with Gasteiger partial charge in [-0.05, 0) is 19.8 Å². The zero-order chi connectivity index (χ0) is 18.2. The molecule has 4 N–H and O–H groups in total. The van der Waals surface area contributed by atoms with E-state index in [0.29, 0.717) is 5.92 Å². The molecule has 5 heteroatoms. The zero-order valence-corrected chi connectivity index (χ0v) is 15.6. The molecule has 3 amide bonds. The molecule has 5 nitrogen and oxygen atoms in total. The highest BCUT2D eigenvalue weighted by molar-refractivity contribution is 5.96. The molecule has 0 unspecified atom stereocenters. The Morgan fingerprint density at radius 1 is 1.04 bits per heavy atom. The van der Waals surface area contributed by atoms with Crippen LogP contribution in [0.4, 0.5) is 4.79 Å². The second-order valence-corrected chi connectivity index (χ2v) is 7.46. The van der Waals surface area contributed by atoms with Gasteiger partial charge in [-0.15, -0.1) is 0 Å². The summed E-state index contributed by atoms with van der Waals surface area (Å²) in [5, 5.41) is 7.48. The van der Waals surface area contributed by atoms with Crippen LogP contribution >= 0.6 is 0 Å². The molecule has 0 aromatic heterocycles. The SMILES string of the molecule is CC(C)[C@H]([NH2+][C@@H](C)C(=O)NC(=O)NC1CCCCC1)c1ccccc1. The van der Waals surface area contributed by atoms with Gasteiger partial charge in [0.25, 0.3) is 5.91 Å². The van der Waals surface area contributed by atoms with Crippen molar-refractivity contribution in [2.24, 2.45) is 5.92 Å². The van der Waals surface area contributed by atoms with E-state index in [4.69, 9.17) is 0 Å². The van der Waals surface area contributed by atoms with Crippen molar-refractivity contribution in [3.8, 4) is 0 Å². The molecule has 1 aromatic carbocycles. The summed E-state index contributed by atoms with van der Waals surface area (Å²) in [5.74, 6) is 0.142. The second-order valence-electron chi connectivity index (χ2n) is 7.46. The molecule has 0 spiro atoms. The molecule has 2 rings (SSSR count). The lowest BCUT2D eigenvalue weighted by atomic mass is 9.95. The Kier molecular flexibility index (Phi) is 7.44. The van der Waals surface area contributed by atoms with Gasteiger partial charge in [-0.2, -0.15) is 0 Å². The number of urea groups is 1. The fourth-order valence-electron chi connectivity index (χ4n) is 3.49. The van der Waals surface area contributed by atoms with Crippen LogP contribution in [0.15, 0.2) is 30.3 Å². The maximum atomic E-state index is 12.4. The highest BCUT2D eigenvalue weighted by Crippen LogP contribution is 2.18. The number of nitrogens with one attached hydrogen (secondary N) is 2. The number of imide groups is 1. The van der Waals surface area contributed by atoms with E-state index in [2.05, 4.69) is 36.6 Å². The Hall–Kier alpha value is -1.88. The van der Waals surface area contributed by atoms with Crippen molar-refractivity contribution in [1.29, 1.82) is 0 Å². The summed E-state index contributed by atoms with van der Waals surface area (Å²) in [6.07, 6.45) is 5.55. The van der Waals surface area contributed by atoms with E-state index in [1.807, 2.05) is 30.4 Å². The lowest BCUT2D eigenvalue weighted by molar-refractivity contribution is -0.719. The number of amides is 3. The first-order chi connectivity index (χ1) is 12.0. The van der Waals surface area contributed by atoms with Crippen LogP contribution in [0.2, 0.25) is 0 Å². The lowest BCUT2D eigenvalue weighted by Crippen LogP contribution is -2.93. The Balaban J connectivity index is 1.86. The van der Waals surface area contributed by atoms with Crippen LogP contribution in [0.5, 0.6) is 0 Å². The van der Waals surface area contributed by atoms with Crippen molar-refractivity contribution in [2.75, 3.05) is 0 Å². The van der Waals surface area contributed by atoms with Gasteiger partial charge in [-0.25, -0.2) is 4.79 Å². The molecule has 1 aromatic rings. The van der Waals surface area contributed by atoms with Crippen LogP contribution in [0.1, 0.15) is 64.5 Å². The van der Waals surface area contributed by atoms with E-state index in [-0.39, 0.29) is 30.1 Å². The fraction of sp³-hybridized carbons (Fsp3) is 0.600. The molecule has 0 aliphatic heterocycles. The molecule has 0 saturated heterocycles. The van der Waals surface area contributed by atoms with Gasteiger partial charge in [0.1, 0.15) is 6.04 Å². The summed E-state index contributed by atoms with van der Waals surface area (Å²) < 4.78 is 0. The van der Waals surface area contributed by atoms with Gasteiger partial charge in [0, 0.05) is 17.5 Å². The average molecular weight is 346 g/mol. The minimum atomic E-state index is -0.363. The van der Waals surface area contributed by atoms with Crippen LogP contribution in [0.3, 0.4) is 0 Å². The molecule has 25 heavy (non-hydrogen) atoms. The first-order valence-electron chi connectivity index (χ1n) is 9.48. The average Bonchev–Trinajstić information content (AvgIpc) is 2.60. The van der Waals surface area contributed by atoms with Gasteiger partial charge in [-0.3, -0.25) is 10.1 Å². The van der Waals surface area contributed by atoms with Crippen molar-refractivity contribution in [2.45, 2.75) is 71.0 Å². The summed E-state index contributed by atoms with van der Waals surface area (Å²) in [7, 11) is 0. The van der Waals surface area contributed by atoms with Gasteiger partial charge in [0.05, 0.1) is 0 Å². The maximum Gasteiger partial charge on any atom is 0.321 e. The third-order valence-corrected chi connectivity index (χ3v) is 4.99. The molecular formula is C20H32N3O2+. The number of nitrogens with two attached hydrogens (primary N) is 1. The topological polar surface area (TPSA) is 74.8 Å². The number of hydrogen-bond acceptors (Lipinski definition) is 2. The molecule has 0 radical (unpaired) electrons. The molecule has 1 fully saturated rings. The number of carbonyl (C=O) groups is 2. The first-order valence-corrected chi connectivity index (χ1v) is 9.48. The van der Waals surface area contributed by atoms with Crippen molar-refractivity contribution in [1.82, 2.24) is 10.6 Å². The predicted molar refractivity (Wildman–Crippen MR) is 99.0 cm³/mol. The van der Waals surface area contributed by atoms with Crippen LogP contribution < -0.4 is 16.0 Å². The first kappa shape index (κ1) is 19.4. The number of carbonyl (C=O) groups excluding carboxylic acids is 2. The van der Waals surface area contributed by atoms with Crippen molar-refractivity contribution in [3.05, 3.63) is 35.9 Å². The fourth-order valence-corrected chi connectivity index (χ4v) is 3.49. The second kappa shape index (κ2) is 9.56. The molecule has 0 bridgehead atoms. The number of hydrogen-bond donors (Lipinski definition) is 3. The van der Waals surface area contributed by atoms with Gasteiger partial charge >= 0.3 is 6.03 Å². The molecule has 1 saturated carbocycles. The van der Waals surface area contributed by atoms with Crippen molar-refractivity contribution in [3.63, 3.8) is 0 Å². The normalized spacial score (nSPS) is 17.8. The maximum absolute atomic E-state index is 12.4. The summed E-state index contributed by atoms with van der Waals surface area (Å²) in [5.41, 5.74) is 1.20. The molecule has 1 aliphatic carbocycles. The van der Waals surface area contributed by atoms with E-state index in [1.54, 1.807) is 0 Å². The van der Waals surface area contributed by atoms with Gasteiger partial charge in [-0.1, -0.05) is 63.4 Å². The van der Waals surface area contributed by atoms with Crippen LogP contribution in [-0.2, 0) is 4.79 Å². The van der Waals surface area contributed by atoms with E-state index in [9.17, 15) is 9.59 Å². The lowest BCUT2D eigenvalue weighted by Gasteiger charge is -2.24. The van der Waals surface area contributed by atoms with Crippen molar-refractivity contribution < 1.29 is 14.9 Å². The van der Waals surface area contributed by atoms with E-state index >= 15 is 0 Å². The Morgan fingerprint density at radius 2 is 1.68 bits per heavy atom. The monoisotopic (exact) mass is 346 g/mol. The third kappa shape index (κ3) is 6.16. The summed E-state index contributed by atoms with van der Waals surface area (Å²) >= 11 is 0. The third-order valence-electron chi connectivity index (χ3n) is 4.99. The van der Waals surface area contributed by atoms with E-state index in [1.165, 1.54) is 12.0 Å². The van der Waals surface area contributed by atoms with E-state index in [0.717, 1.165) is 25.7 Å². The van der Waals surface area contributed by atoms with Gasteiger partial charge in [0.15, 0.2) is 6.04 Å². The highest BCUT2D eigenvalue weighted by atomic mass is 16.2. The molecule has 0 heterocycles. The number of rotatable bonds is 6.